The van der Waals surface area contributed by atoms with Crippen LogP contribution < -0.4 is 5.32 Å². The first kappa shape index (κ1) is 19.2. The molecule has 2 aromatic heterocycles. The molecule has 0 aliphatic heterocycles. The van der Waals surface area contributed by atoms with Gasteiger partial charge in [-0.25, -0.2) is 14.4 Å². The van der Waals surface area contributed by atoms with Crippen molar-refractivity contribution in [3.05, 3.63) is 54.2 Å². The van der Waals surface area contributed by atoms with Crippen molar-refractivity contribution >= 4 is 23.0 Å². The van der Waals surface area contributed by atoms with E-state index in [1.807, 2.05) is 0 Å². The Kier molecular flexibility index (Phi) is 5.38. The van der Waals surface area contributed by atoms with E-state index in [1.165, 1.54) is 12.3 Å². The molecular formula is C22H24FN5O. The summed E-state index contributed by atoms with van der Waals surface area (Å²) in [5.41, 5.74) is 0.811. The van der Waals surface area contributed by atoms with Gasteiger partial charge in [0.15, 0.2) is 0 Å². The second-order valence-electron chi connectivity index (χ2n) is 7.81. The number of halogens is 1. The number of benzene rings is 1. The number of hydrogen-bond donors (Lipinski definition) is 2. The normalized spacial score (nSPS) is 21.8. The Hall–Kier alpha value is -3.09. The number of amides is 1. The van der Waals surface area contributed by atoms with Crippen molar-refractivity contribution in [1.82, 2.24) is 19.9 Å². The smallest absolute Gasteiger partial charge is 0.253 e. The molecule has 3 aromatic rings. The molecule has 3 atom stereocenters. The number of hydrogen-bond acceptors (Lipinski definition) is 4. The van der Waals surface area contributed by atoms with Crippen LogP contribution in [0.25, 0.3) is 16.9 Å². The van der Waals surface area contributed by atoms with E-state index in [9.17, 15) is 9.18 Å². The summed E-state index contributed by atoms with van der Waals surface area (Å²) in [6.07, 6.45) is 9.37. The number of carbonyl (C=O) groups is 1. The maximum Gasteiger partial charge on any atom is 0.253 e. The number of nitrogens with zero attached hydrogens (tertiary/aromatic N) is 3. The van der Waals surface area contributed by atoms with E-state index in [-0.39, 0.29) is 28.7 Å². The second-order valence-corrected chi connectivity index (χ2v) is 7.81. The summed E-state index contributed by atoms with van der Waals surface area (Å²) in [4.78, 5) is 21.4. The predicted octanol–water partition coefficient (Wildman–Crippen LogP) is 3.99. The molecule has 150 valence electrons. The van der Waals surface area contributed by atoms with Gasteiger partial charge in [0.2, 0.25) is 5.95 Å². The largest absolute Gasteiger partial charge is 0.352 e. The van der Waals surface area contributed by atoms with E-state index in [0.717, 1.165) is 19.3 Å². The molecule has 0 radical (unpaired) electrons. The van der Waals surface area contributed by atoms with Crippen LogP contribution in [0.15, 0.2) is 42.9 Å². The average Bonchev–Trinajstić information content (AvgIpc) is 3.14. The van der Waals surface area contributed by atoms with Crippen LogP contribution in [-0.2, 0) is 0 Å². The van der Waals surface area contributed by atoms with Crippen LogP contribution in [0.5, 0.6) is 0 Å². The van der Waals surface area contributed by atoms with Gasteiger partial charge in [-0.3, -0.25) is 9.36 Å². The third-order valence-corrected chi connectivity index (χ3v) is 5.83. The third kappa shape index (κ3) is 3.77. The van der Waals surface area contributed by atoms with Crippen LogP contribution in [0.2, 0.25) is 0 Å². The number of nitrogens with one attached hydrogen (secondary N) is 2. The summed E-state index contributed by atoms with van der Waals surface area (Å²) in [6.45, 7) is 2.68. The SMILES string of the molecule is CC1CCC(C=N)C(CNC(=O)c2cn(-c3ncccn3)c3cccc(F)c23)C1. The number of carbonyl (C=O) groups excluding carboxylic acids is 1. The molecule has 1 fully saturated rings. The molecule has 0 spiro atoms. The third-order valence-electron chi connectivity index (χ3n) is 5.83. The molecule has 4 rings (SSSR count). The van der Waals surface area contributed by atoms with Gasteiger partial charge >= 0.3 is 0 Å². The minimum absolute atomic E-state index is 0.183. The molecule has 2 N–H and O–H groups in total. The Bertz CT molecular complexity index is 1030. The van der Waals surface area contributed by atoms with Gasteiger partial charge in [-0.1, -0.05) is 19.4 Å². The molecule has 1 aliphatic carbocycles. The van der Waals surface area contributed by atoms with Gasteiger partial charge < -0.3 is 10.7 Å². The molecule has 6 nitrogen and oxygen atoms in total. The van der Waals surface area contributed by atoms with Gasteiger partial charge in [0, 0.05) is 30.5 Å². The predicted molar refractivity (Wildman–Crippen MR) is 110 cm³/mol. The summed E-state index contributed by atoms with van der Waals surface area (Å²) in [5.74, 6) is 0.607. The summed E-state index contributed by atoms with van der Waals surface area (Å²) in [6, 6.07) is 6.41. The van der Waals surface area contributed by atoms with Crippen molar-refractivity contribution in [3.63, 3.8) is 0 Å². The van der Waals surface area contributed by atoms with Crippen LogP contribution in [-0.4, -0.2) is 33.2 Å². The van der Waals surface area contributed by atoms with Gasteiger partial charge in [0.1, 0.15) is 5.82 Å². The van der Waals surface area contributed by atoms with Gasteiger partial charge in [-0.2, -0.15) is 0 Å². The highest BCUT2D eigenvalue weighted by Crippen LogP contribution is 2.32. The van der Waals surface area contributed by atoms with Gasteiger partial charge in [-0.05, 0) is 55.0 Å². The fourth-order valence-electron chi connectivity index (χ4n) is 4.29. The maximum absolute atomic E-state index is 14.6. The van der Waals surface area contributed by atoms with Crippen LogP contribution in [0.1, 0.15) is 36.5 Å². The first-order valence-corrected chi connectivity index (χ1v) is 9.94. The monoisotopic (exact) mass is 393 g/mol. The molecule has 1 amide bonds. The molecular weight excluding hydrogens is 369 g/mol. The zero-order chi connectivity index (χ0) is 20.4. The van der Waals surface area contributed by atoms with Crippen molar-refractivity contribution in [2.75, 3.05) is 6.54 Å². The lowest BCUT2D eigenvalue weighted by Crippen LogP contribution is -2.36. The zero-order valence-electron chi connectivity index (χ0n) is 16.3. The first-order valence-electron chi connectivity index (χ1n) is 9.94. The molecule has 7 heteroatoms. The lowest BCUT2D eigenvalue weighted by Gasteiger charge is -2.32. The highest BCUT2D eigenvalue weighted by molar-refractivity contribution is 6.07. The van der Waals surface area contributed by atoms with Crippen molar-refractivity contribution in [3.8, 4) is 5.95 Å². The van der Waals surface area contributed by atoms with Crippen LogP contribution in [0, 0.1) is 29.0 Å². The maximum atomic E-state index is 14.6. The fraction of sp³-hybridized carbons (Fsp3) is 0.364. The summed E-state index contributed by atoms with van der Waals surface area (Å²) < 4.78 is 16.3. The van der Waals surface area contributed by atoms with Crippen LogP contribution >= 0.6 is 0 Å². The Labute approximate surface area is 168 Å². The summed E-state index contributed by atoms with van der Waals surface area (Å²) in [5, 5.41) is 10.9. The van der Waals surface area contributed by atoms with Gasteiger partial charge in [0.05, 0.1) is 11.1 Å². The topological polar surface area (TPSA) is 83.7 Å². The quantitative estimate of drug-likeness (QED) is 0.643. The highest BCUT2D eigenvalue weighted by Gasteiger charge is 2.28. The molecule has 1 aliphatic rings. The Balaban J connectivity index is 1.63. The lowest BCUT2D eigenvalue weighted by molar-refractivity contribution is 0.0937. The molecule has 0 saturated heterocycles. The molecule has 0 bridgehead atoms. The first-order chi connectivity index (χ1) is 14.1. The van der Waals surface area contributed by atoms with Gasteiger partial charge in [-0.15, -0.1) is 0 Å². The van der Waals surface area contributed by atoms with E-state index < -0.39 is 5.82 Å². The lowest BCUT2D eigenvalue weighted by atomic mass is 9.75. The molecule has 2 heterocycles. The van der Waals surface area contributed by atoms with E-state index in [2.05, 4.69) is 22.2 Å². The Morgan fingerprint density at radius 1 is 1.31 bits per heavy atom. The highest BCUT2D eigenvalue weighted by atomic mass is 19.1. The van der Waals surface area contributed by atoms with Crippen molar-refractivity contribution in [1.29, 1.82) is 5.41 Å². The average molecular weight is 393 g/mol. The van der Waals surface area contributed by atoms with Crippen molar-refractivity contribution in [2.45, 2.75) is 26.2 Å². The number of rotatable bonds is 5. The molecule has 29 heavy (non-hydrogen) atoms. The zero-order valence-corrected chi connectivity index (χ0v) is 16.3. The molecule has 3 unspecified atom stereocenters. The van der Waals surface area contributed by atoms with Crippen molar-refractivity contribution < 1.29 is 9.18 Å². The Morgan fingerprint density at radius 3 is 2.86 bits per heavy atom. The fourth-order valence-corrected chi connectivity index (χ4v) is 4.29. The standard InChI is InChI=1S/C22H24FN5O/c1-14-6-7-15(11-24)16(10-14)12-27-21(29)17-13-28(22-25-8-3-9-26-22)19-5-2-4-18(23)20(17)19/h2-5,8-9,11,13-16,24H,6-7,10,12H2,1H3,(H,27,29). The van der Waals surface area contributed by atoms with E-state index in [4.69, 9.17) is 5.41 Å². The van der Waals surface area contributed by atoms with Gasteiger partial charge in [0.25, 0.3) is 5.91 Å². The van der Waals surface area contributed by atoms with E-state index in [0.29, 0.717) is 23.9 Å². The minimum atomic E-state index is -0.453. The van der Waals surface area contributed by atoms with Crippen LogP contribution in [0.3, 0.4) is 0 Å². The van der Waals surface area contributed by atoms with Crippen molar-refractivity contribution in [2.24, 2.45) is 17.8 Å². The number of fused-ring (bicyclic) bond motifs is 1. The van der Waals surface area contributed by atoms with E-state index in [1.54, 1.807) is 41.4 Å². The second kappa shape index (κ2) is 8.11. The molecule has 1 saturated carbocycles. The number of aromatic nitrogens is 3. The van der Waals surface area contributed by atoms with E-state index >= 15 is 0 Å². The Morgan fingerprint density at radius 2 is 2.10 bits per heavy atom. The molecule has 1 aromatic carbocycles. The summed E-state index contributed by atoms with van der Waals surface area (Å²) >= 11 is 0. The summed E-state index contributed by atoms with van der Waals surface area (Å²) in [7, 11) is 0. The minimum Gasteiger partial charge on any atom is -0.352 e. The van der Waals surface area contributed by atoms with Crippen LogP contribution in [0.4, 0.5) is 4.39 Å².